The van der Waals surface area contributed by atoms with Gasteiger partial charge in [-0.3, -0.25) is 0 Å². The van der Waals surface area contributed by atoms with Crippen molar-refractivity contribution < 1.29 is 9.53 Å². The molecule has 3 rings (SSSR count). The third-order valence-electron chi connectivity index (χ3n) is 3.88. The number of benzene rings is 1. The Kier molecular flexibility index (Phi) is 4.76. The number of nitrogens with zero attached hydrogens (tertiary/aromatic N) is 3. The number of nitrogens with two attached hydrogens (primary N) is 1. The van der Waals surface area contributed by atoms with E-state index >= 15 is 0 Å². The molecular weight excluding hydrogens is 384 g/mol. The summed E-state index contributed by atoms with van der Waals surface area (Å²) in [5, 5.41) is 4.62. The number of halogens is 1. The third-order valence-corrected chi connectivity index (χ3v) is 4.41. The molecule has 7 heteroatoms. The normalized spacial score (nSPS) is 11.2. The second kappa shape index (κ2) is 6.84. The summed E-state index contributed by atoms with van der Waals surface area (Å²) in [5.41, 5.74) is 9.82. The van der Waals surface area contributed by atoms with Gasteiger partial charge in [0.05, 0.1) is 17.9 Å². The minimum atomic E-state index is -0.499. The fourth-order valence-corrected chi connectivity index (χ4v) is 2.95. The molecule has 3 aromatic rings. The molecular formula is C18H19BrN4O2. The van der Waals surface area contributed by atoms with Crippen molar-refractivity contribution in [3.05, 3.63) is 46.2 Å². The van der Waals surface area contributed by atoms with Gasteiger partial charge in [0.1, 0.15) is 11.4 Å². The van der Waals surface area contributed by atoms with Gasteiger partial charge in [-0.05, 0) is 30.5 Å². The molecule has 0 bridgehead atoms. The molecule has 0 spiro atoms. The number of esters is 1. The minimum Gasteiger partial charge on any atom is -0.462 e. The van der Waals surface area contributed by atoms with E-state index in [0.29, 0.717) is 5.65 Å². The molecule has 0 aliphatic heterocycles. The van der Waals surface area contributed by atoms with E-state index in [0.717, 1.165) is 21.3 Å². The number of anilines is 1. The molecule has 0 unspecified atom stereocenters. The Balaban J connectivity index is 2.26. The van der Waals surface area contributed by atoms with E-state index in [-0.39, 0.29) is 23.9 Å². The van der Waals surface area contributed by atoms with Crippen LogP contribution in [0.2, 0.25) is 0 Å². The number of rotatable bonds is 4. The highest BCUT2D eigenvalue weighted by Gasteiger charge is 2.22. The Morgan fingerprint density at radius 2 is 2.00 bits per heavy atom. The van der Waals surface area contributed by atoms with Crippen LogP contribution >= 0.6 is 15.9 Å². The summed E-state index contributed by atoms with van der Waals surface area (Å²) < 4.78 is 7.56. The number of hydrogen-bond donors (Lipinski definition) is 1. The standard InChI is InChI=1S/C18H19BrN4O2/c1-4-25-18(24)13-9-21-17-14(11-5-7-12(19)8-6-11)15(10(2)3)22-23(17)16(13)20/h5-10H,4,20H2,1-3H3. The van der Waals surface area contributed by atoms with Crippen LogP contribution in [0, 0.1) is 0 Å². The predicted octanol–water partition coefficient (Wildman–Crippen LogP) is 4.04. The lowest BCUT2D eigenvalue weighted by Crippen LogP contribution is -2.12. The second-order valence-electron chi connectivity index (χ2n) is 5.93. The van der Waals surface area contributed by atoms with Crippen molar-refractivity contribution in [1.82, 2.24) is 14.6 Å². The summed E-state index contributed by atoms with van der Waals surface area (Å²) in [6.07, 6.45) is 1.46. The first-order chi connectivity index (χ1) is 11.9. The van der Waals surface area contributed by atoms with Gasteiger partial charge in [-0.2, -0.15) is 9.61 Å². The first-order valence-corrected chi connectivity index (χ1v) is 8.83. The maximum absolute atomic E-state index is 12.1. The molecule has 0 aliphatic carbocycles. The molecule has 0 saturated heterocycles. The van der Waals surface area contributed by atoms with E-state index < -0.39 is 5.97 Å². The molecule has 2 N–H and O–H groups in total. The van der Waals surface area contributed by atoms with Crippen molar-refractivity contribution in [1.29, 1.82) is 0 Å². The average molecular weight is 403 g/mol. The van der Waals surface area contributed by atoms with Crippen LogP contribution in [0.4, 0.5) is 5.82 Å². The molecule has 2 heterocycles. The van der Waals surface area contributed by atoms with Crippen LogP contribution in [0.5, 0.6) is 0 Å². The van der Waals surface area contributed by atoms with Crippen molar-refractivity contribution in [2.24, 2.45) is 0 Å². The summed E-state index contributed by atoms with van der Waals surface area (Å²) >= 11 is 3.45. The predicted molar refractivity (Wildman–Crippen MR) is 101 cm³/mol. The zero-order valence-electron chi connectivity index (χ0n) is 14.3. The quantitative estimate of drug-likeness (QED) is 0.665. The Morgan fingerprint density at radius 1 is 1.32 bits per heavy atom. The molecule has 0 fully saturated rings. The van der Waals surface area contributed by atoms with E-state index in [2.05, 4.69) is 39.9 Å². The number of ether oxygens (including phenoxy) is 1. The number of nitrogen functional groups attached to an aromatic ring is 1. The summed E-state index contributed by atoms with van der Waals surface area (Å²) in [4.78, 5) is 16.5. The van der Waals surface area contributed by atoms with Crippen LogP contribution in [0.1, 0.15) is 42.7 Å². The third kappa shape index (κ3) is 3.11. The molecule has 0 amide bonds. The Bertz CT molecular complexity index is 932. The molecule has 0 atom stereocenters. The largest absolute Gasteiger partial charge is 0.462 e. The highest BCUT2D eigenvalue weighted by Crippen LogP contribution is 2.34. The van der Waals surface area contributed by atoms with Gasteiger partial charge in [-0.1, -0.05) is 41.9 Å². The van der Waals surface area contributed by atoms with Crippen molar-refractivity contribution in [2.75, 3.05) is 12.3 Å². The molecule has 25 heavy (non-hydrogen) atoms. The van der Waals surface area contributed by atoms with Gasteiger partial charge >= 0.3 is 5.97 Å². The maximum Gasteiger partial charge on any atom is 0.343 e. The first-order valence-electron chi connectivity index (χ1n) is 8.04. The second-order valence-corrected chi connectivity index (χ2v) is 6.85. The monoisotopic (exact) mass is 402 g/mol. The topological polar surface area (TPSA) is 82.5 Å². The lowest BCUT2D eigenvalue weighted by atomic mass is 9.99. The average Bonchev–Trinajstić information content (AvgIpc) is 2.97. The Hall–Kier alpha value is -2.41. The highest BCUT2D eigenvalue weighted by atomic mass is 79.9. The number of carbonyl (C=O) groups is 1. The fraction of sp³-hybridized carbons (Fsp3) is 0.278. The van der Waals surface area contributed by atoms with Gasteiger partial charge in [0.15, 0.2) is 5.65 Å². The van der Waals surface area contributed by atoms with Crippen molar-refractivity contribution in [3.63, 3.8) is 0 Å². The molecule has 6 nitrogen and oxygen atoms in total. The van der Waals surface area contributed by atoms with Gasteiger partial charge in [-0.15, -0.1) is 0 Å². The number of hydrogen-bond acceptors (Lipinski definition) is 5. The van der Waals surface area contributed by atoms with Gasteiger partial charge < -0.3 is 10.5 Å². The maximum atomic E-state index is 12.1. The van der Waals surface area contributed by atoms with Gasteiger partial charge in [-0.25, -0.2) is 9.78 Å². The molecule has 0 saturated carbocycles. The van der Waals surface area contributed by atoms with E-state index in [4.69, 9.17) is 10.5 Å². The Morgan fingerprint density at radius 3 is 2.60 bits per heavy atom. The molecule has 2 aromatic heterocycles. The number of carbonyl (C=O) groups excluding carboxylic acids is 1. The van der Waals surface area contributed by atoms with E-state index in [9.17, 15) is 4.79 Å². The highest BCUT2D eigenvalue weighted by molar-refractivity contribution is 9.10. The number of aromatic nitrogens is 3. The van der Waals surface area contributed by atoms with Crippen molar-refractivity contribution in [3.8, 4) is 11.1 Å². The summed E-state index contributed by atoms with van der Waals surface area (Å²) in [7, 11) is 0. The minimum absolute atomic E-state index is 0.172. The van der Waals surface area contributed by atoms with Gasteiger partial charge in [0.2, 0.25) is 0 Å². The first kappa shape index (κ1) is 17.4. The summed E-state index contributed by atoms with van der Waals surface area (Å²) in [6, 6.07) is 7.95. The van der Waals surface area contributed by atoms with Crippen molar-refractivity contribution >= 4 is 33.4 Å². The lowest BCUT2D eigenvalue weighted by Gasteiger charge is -2.07. The summed E-state index contributed by atoms with van der Waals surface area (Å²) in [6.45, 7) is 6.15. The van der Waals surface area contributed by atoms with Crippen LogP contribution in [0.15, 0.2) is 34.9 Å². The van der Waals surface area contributed by atoms with Crippen LogP contribution in [0.25, 0.3) is 16.8 Å². The lowest BCUT2D eigenvalue weighted by molar-refractivity contribution is 0.0526. The van der Waals surface area contributed by atoms with E-state index in [1.54, 1.807) is 6.92 Å². The molecule has 0 radical (unpaired) electrons. The number of fused-ring (bicyclic) bond motifs is 1. The zero-order chi connectivity index (χ0) is 18.1. The smallest absolute Gasteiger partial charge is 0.343 e. The Labute approximate surface area is 154 Å². The van der Waals surface area contributed by atoms with E-state index in [1.807, 2.05) is 24.3 Å². The van der Waals surface area contributed by atoms with Crippen LogP contribution in [-0.4, -0.2) is 27.2 Å². The fourth-order valence-electron chi connectivity index (χ4n) is 2.68. The van der Waals surface area contributed by atoms with Crippen LogP contribution in [0.3, 0.4) is 0 Å². The zero-order valence-corrected chi connectivity index (χ0v) is 15.9. The molecule has 130 valence electrons. The van der Waals surface area contributed by atoms with Crippen molar-refractivity contribution in [2.45, 2.75) is 26.7 Å². The van der Waals surface area contributed by atoms with Gasteiger partial charge in [0, 0.05) is 10.7 Å². The van der Waals surface area contributed by atoms with Crippen LogP contribution < -0.4 is 5.73 Å². The van der Waals surface area contributed by atoms with Crippen LogP contribution in [-0.2, 0) is 4.74 Å². The summed E-state index contributed by atoms with van der Waals surface area (Å²) in [5.74, 6) is -0.0966. The SMILES string of the molecule is CCOC(=O)c1cnc2c(-c3ccc(Br)cc3)c(C(C)C)nn2c1N. The van der Waals surface area contributed by atoms with Gasteiger partial charge in [0.25, 0.3) is 0 Å². The molecule has 1 aromatic carbocycles. The van der Waals surface area contributed by atoms with E-state index in [1.165, 1.54) is 10.7 Å². The molecule has 0 aliphatic rings.